The molecule has 0 saturated carbocycles. The number of thiophene rings is 1. The van der Waals surface area contributed by atoms with E-state index in [9.17, 15) is 8.42 Å². The van der Waals surface area contributed by atoms with Gasteiger partial charge in [0.25, 0.3) is 0 Å². The molecule has 0 aliphatic rings. The maximum Gasteiger partial charge on any atom is 0.152 e. The van der Waals surface area contributed by atoms with Crippen LogP contribution >= 0.6 is 11.3 Å². The largest absolute Gasteiger partial charge is 0.326 e. The number of hydrogen-bond donors (Lipinski definition) is 1. The van der Waals surface area contributed by atoms with Crippen LogP contribution in [0.5, 0.6) is 0 Å². The molecular weight excluding hydrogens is 242 g/mol. The van der Waals surface area contributed by atoms with Gasteiger partial charge >= 0.3 is 0 Å². The molecule has 2 N–H and O–H groups in total. The Hall–Kier alpha value is -0.910. The number of sulfone groups is 1. The number of hydrogen-bond acceptors (Lipinski definition) is 4. The zero-order valence-electron chi connectivity index (χ0n) is 8.93. The minimum atomic E-state index is -2.97. The van der Waals surface area contributed by atoms with Crippen molar-refractivity contribution in [1.29, 1.82) is 0 Å². The zero-order valence-corrected chi connectivity index (χ0v) is 10.6. The quantitative estimate of drug-likeness (QED) is 0.911. The summed E-state index contributed by atoms with van der Waals surface area (Å²) in [5.74, 6) is 0.107. The molecule has 0 bridgehead atoms. The van der Waals surface area contributed by atoms with Crippen molar-refractivity contribution >= 4 is 31.3 Å². The first-order chi connectivity index (χ1) is 7.49. The highest BCUT2D eigenvalue weighted by Crippen LogP contribution is 2.29. The topological polar surface area (TPSA) is 60.2 Å². The lowest BCUT2D eigenvalue weighted by atomic mass is 10.1. The van der Waals surface area contributed by atoms with Crippen molar-refractivity contribution in [1.82, 2.24) is 0 Å². The third kappa shape index (κ3) is 2.42. The summed E-state index contributed by atoms with van der Waals surface area (Å²) in [5.41, 5.74) is 6.71. The standard InChI is InChI=1S/C11H13NO2S2/c1-16(13,14)7-10-5-8-3-2-4-9(6-12)11(8)15-10/h2-5H,6-7,12H2,1H3. The second-order valence-electron chi connectivity index (χ2n) is 3.82. The van der Waals surface area contributed by atoms with Gasteiger partial charge in [-0.05, 0) is 17.0 Å². The van der Waals surface area contributed by atoms with E-state index in [1.54, 1.807) is 0 Å². The lowest BCUT2D eigenvalue weighted by molar-refractivity contribution is 0.601. The van der Waals surface area contributed by atoms with E-state index in [2.05, 4.69) is 0 Å². The van der Waals surface area contributed by atoms with Gasteiger partial charge in [0.2, 0.25) is 0 Å². The molecule has 0 aliphatic carbocycles. The summed E-state index contributed by atoms with van der Waals surface area (Å²) < 4.78 is 23.5. The molecule has 2 aromatic rings. The second-order valence-corrected chi connectivity index (χ2v) is 7.10. The Morgan fingerprint density at radius 3 is 2.75 bits per heavy atom. The highest BCUT2D eigenvalue weighted by atomic mass is 32.2. The second kappa shape index (κ2) is 4.16. The highest BCUT2D eigenvalue weighted by Gasteiger charge is 2.09. The Kier molecular flexibility index (Phi) is 3.01. The molecule has 16 heavy (non-hydrogen) atoms. The van der Waals surface area contributed by atoms with Crippen LogP contribution in [0.2, 0.25) is 0 Å². The lowest BCUT2D eigenvalue weighted by Gasteiger charge is -1.96. The van der Waals surface area contributed by atoms with Gasteiger partial charge in [-0.3, -0.25) is 0 Å². The van der Waals surface area contributed by atoms with Crippen LogP contribution in [0.25, 0.3) is 10.1 Å². The maximum absolute atomic E-state index is 11.2. The fourth-order valence-electron chi connectivity index (χ4n) is 1.67. The molecule has 1 heterocycles. The molecule has 0 saturated heterocycles. The molecular formula is C11H13NO2S2. The molecule has 2 rings (SSSR count). The average molecular weight is 255 g/mol. The summed E-state index contributed by atoms with van der Waals surface area (Å²) in [6.07, 6.45) is 1.25. The number of fused-ring (bicyclic) bond motifs is 1. The third-order valence-corrected chi connectivity index (χ3v) is 4.55. The van der Waals surface area contributed by atoms with Crippen molar-refractivity contribution in [2.45, 2.75) is 12.3 Å². The summed E-state index contributed by atoms with van der Waals surface area (Å²) in [7, 11) is -2.97. The van der Waals surface area contributed by atoms with Gasteiger partial charge in [-0.15, -0.1) is 11.3 Å². The smallest absolute Gasteiger partial charge is 0.152 e. The SMILES string of the molecule is CS(=O)(=O)Cc1cc2cccc(CN)c2s1. The average Bonchev–Trinajstić information content (AvgIpc) is 2.56. The van der Waals surface area contributed by atoms with E-state index in [0.29, 0.717) is 6.54 Å². The predicted molar refractivity (Wildman–Crippen MR) is 68.3 cm³/mol. The summed E-state index contributed by atoms with van der Waals surface area (Å²) >= 11 is 1.52. The fourth-order valence-corrected chi connectivity index (χ4v) is 4.12. The minimum Gasteiger partial charge on any atom is -0.326 e. The van der Waals surface area contributed by atoms with Gasteiger partial charge in [-0.2, -0.15) is 0 Å². The Morgan fingerprint density at radius 1 is 1.38 bits per heavy atom. The molecule has 0 fully saturated rings. The Balaban J connectivity index is 2.52. The van der Waals surface area contributed by atoms with Gasteiger partial charge < -0.3 is 5.73 Å². The van der Waals surface area contributed by atoms with Crippen molar-refractivity contribution in [3.05, 3.63) is 34.7 Å². The molecule has 0 atom stereocenters. The van der Waals surface area contributed by atoms with Crippen LogP contribution in [0.15, 0.2) is 24.3 Å². The van der Waals surface area contributed by atoms with Gasteiger partial charge in [0.1, 0.15) is 0 Å². The van der Waals surface area contributed by atoms with Crippen molar-refractivity contribution in [3.8, 4) is 0 Å². The van der Waals surface area contributed by atoms with Crippen LogP contribution in [0.1, 0.15) is 10.4 Å². The first kappa shape index (κ1) is 11.6. The number of nitrogens with two attached hydrogens (primary N) is 1. The first-order valence-corrected chi connectivity index (χ1v) is 7.75. The van der Waals surface area contributed by atoms with Crippen LogP contribution in [-0.2, 0) is 22.1 Å². The van der Waals surface area contributed by atoms with E-state index >= 15 is 0 Å². The molecule has 1 aromatic carbocycles. The molecule has 0 amide bonds. The van der Waals surface area contributed by atoms with E-state index in [-0.39, 0.29) is 5.75 Å². The summed E-state index contributed by atoms with van der Waals surface area (Å²) in [5, 5.41) is 1.08. The molecule has 86 valence electrons. The van der Waals surface area contributed by atoms with Crippen molar-refractivity contribution in [2.75, 3.05) is 6.26 Å². The summed E-state index contributed by atoms with van der Waals surface area (Å²) in [6.45, 7) is 0.482. The zero-order chi connectivity index (χ0) is 11.8. The third-order valence-electron chi connectivity index (χ3n) is 2.30. The molecule has 0 spiro atoms. The molecule has 3 nitrogen and oxygen atoms in total. The number of rotatable bonds is 3. The van der Waals surface area contributed by atoms with E-state index < -0.39 is 9.84 Å². The van der Waals surface area contributed by atoms with Crippen molar-refractivity contribution < 1.29 is 8.42 Å². The molecule has 0 unspecified atom stereocenters. The van der Waals surface area contributed by atoms with Gasteiger partial charge in [0.15, 0.2) is 9.84 Å². The van der Waals surface area contributed by atoms with Crippen LogP contribution in [0, 0.1) is 0 Å². The summed E-state index contributed by atoms with van der Waals surface area (Å²) in [6, 6.07) is 7.83. The maximum atomic E-state index is 11.2. The van der Waals surface area contributed by atoms with Crippen LogP contribution in [0.4, 0.5) is 0 Å². The van der Waals surface area contributed by atoms with Gasteiger partial charge in [-0.25, -0.2) is 8.42 Å². The molecule has 1 aromatic heterocycles. The Labute approximate surface area is 98.8 Å². The van der Waals surface area contributed by atoms with Gasteiger partial charge in [0, 0.05) is 22.4 Å². The predicted octanol–water partition coefficient (Wildman–Crippen LogP) is 1.90. The van der Waals surface area contributed by atoms with Crippen LogP contribution in [-0.4, -0.2) is 14.7 Å². The number of benzene rings is 1. The Bertz CT molecular complexity index is 614. The van der Waals surface area contributed by atoms with Crippen LogP contribution < -0.4 is 5.73 Å². The summed E-state index contributed by atoms with van der Waals surface area (Å²) in [4.78, 5) is 0.874. The molecule has 5 heteroatoms. The van der Waals surface area contributed by atoms with Gasteiger partial charge in [0.05, 0.1) is 5.75 Å². The van der Waals surface area contributed by atoms with E-state index in [4.69, 9.17) is 5.73 Å². The van der Waals surface area contributed by atoms with E-state index in [0.717, 1.165) is 20.5 Å². The molecule has 0 radical (unpaired) electrons. The minimum absolute atomic E-state index is 0.107. The van der Waals surface area contributed by atoms with Crippen molar-refractivity contribution in [3.63, 3.8) is 0 Å². The Morgan fingerprint density at radius 2 is 2.12 bits per heavy atom. The molecule has 0 aliphatic heterocycles. The van der Waals surface area contributed by atoms with Gasteiger partial charge in [-0.1, -0.05) is 18.2 Å². The van der Waals surface area contributed by atoms with Crippen LogP contribution in [0.3, 0.4) is 0 Å². The van der Waals surface area contributed by atoms with Crippen molar-refractivity contribution in [2.24, 2.45) is 5.73 Å². The first-order valence-electron chi connectivity index (χ1n) is 4.88. The monoisotopic (exact) mass is 255 g/mol. The lowest BCUT2D eigenvalue weighted by Crippen LogP contribution is -1.98. The fraction of sp³-hybridized carbons (Fsp3) is 0.273. The van der Waals surface area contributed by atoms with E-state index in [1.165, 1.54) is 17.6 Å². The van der Waals surface area contributed by atoms with E-state index in [1.807, 2.05) is 24.3 Å². The highest BCUT2D eigenvalue weighted by molar-refractivity contribution is 7.90. The normalized spacial score (nSPS) is 12.1.